The van der Waals surface area contributed by atoms with Crippen molar-refractivity contribution in [1.82, 2.24) is 9.78 Å². The summed E-state index contributed by atoms with van der Waals surface area (Å²) >= 11 is 1.31. The van der Waals surface area contributed by atoms with Crippen molar-refractivity contribution in [3.05, 3.63) is 36.5 Å². The molecule has 2 atom stereocenters. The van der Waals surface area contributed by atoms with Crippen LogP contribution in [0.1, 0.15) is 33.2 Å². The molecule has 2 aromatic rings. The van der Waals surface area contributed by atoms with E-state index >= 15 is 0 Å². The second-order valence-electron chi connectivity index (χ2n) is 6.67. The second-order valence-corrected chi connectivity index (χ2v) is 7.92. The fourth-order valence-electron chi connectivity index (χ4n) is 2.73. The Morgan fingerprint density at radius 2 is 2.04 bits per heavy atom. The van der Waals surface area contributed by atoms with Crippen molar-refractivity contribution in [1.29, 1.82) is 0 Å². The topological polar surface area (TPSA) is 102 Å². The van der Waals surface area contributed by atoms with Gasteiger partial charge in [0.25, 0.3) is 5.91 Å². The van der Waals surface area contributed by atoms with Gasteiger partial charge >= 0.3 is 5.97 Å². The molecule has 28 heavy (non-hydrogen) atoms. The van der Waals surface area contributed by atoms with Gasteiger partial charge in [0.1, 0.15) is 5.82 Å². The van der Waals surface area contributed by atoms with Crippen molar-refractivity contribution in [3.8, 4) is 0 Å². The van der Waals surface area contributed by atoms with Crippen LogP contribution in [0.15, 0.2) is 41.4 Å². The van der Waals surface area contributed by atoms with Gasteiger partial charge in [-0.15, -0.1) is 11.8 Å². The van der Waals surface area contributed by atoms with E-state index in [1.54, 1.807) is 16.9 Å². The van der Waals surface area contributed by atoms with E-state index in [1.807, 2.05) is 38.1 Å². The first-order valence-corrected chi connectivity index (χ1v) is 9.83. The Morgan fingerprint density at radius 1 is 1.29 bits per heavy atom. The van der Waals surface area contributed by atoms with Gasteiger partial charge in [-0.2, -0.15) is 5.10 Å². The zero-order chi connectivity index (χ0) is 20.3. The van der Waals surface area contributed by atoms with E-state index in [1.165, 1.54) is 18.7 Å². The SMILES string of the molecule is CC(C)n1nccc1NC(=O)[C@@H](C)OC(=O)C[C@@H]1Sc2ccccc2NC1=O. The summed E-state index contributed by atoms with van der Waals surface area (Å²) in [5.74, 6) is -0.783. The summed E-state index contributed by atoms with van der Waals surface area (Å²) in [6.07, 6.45) is 0.474. The molecule has 0 unspecified atom stereocenters. The van der Waals surface area contributed by atoms with Gasteiger partial charge in [0.15, 0.2) is 6.10 Å². The minimum atomic E-state index is -0.994. The fourth-order valence-corrected chi connectivity index (χ4v) is 3.82. The highest BCUT2D eigenvalue weighted by Gasteiger charge is 2.30. The number of para-hydroxylation sites is 1. The van der Waals surface area contributed by atoms with Crippen molar-refractivity contribution in [3.63, 3.8) is 0 Å². The highest BCUT2D eigenvalue weighted by atomic mass is 32.2. The molecule has 0 fully saturated rings. The minimum Gasteiger partial charge on any atom is -0.452 e. The number of esters is 1. The number of rotatable bonds is 6. The summed E-state index contributed by atoms with van der Waals surface area (Å²) < 4.78 is 6.89. The van der Waals surface area contributed by atoms with Gasteiger partial charge in [-0.05, 0) is 32.9 Å². The Kier molecular flexibility index (Phi) is 6.03. The maximum atomic E-state index is 12.3. The maximum Gasteiger partial charge on any atom is 0.308 e. The van der Waals surface area contributed by atoms with Crippen molar-refractivity contribution >= 4 is 41.1 Å². The van der Waals surface area contributed by atoms with Crippen LogP contribution in [0.2, 0.25) is 0 Å². The molecule has 9 heteroatoms. The van der Waals surface area contributed by atoms with Crippen LogP contribution in [0, 0.1) is 0 Å². The summed E-state index contributed by atoms with van der Waals surface area (Å²) in [6, 6.07) is 9.14. The average Bonchev–Trinajstić information content (AvgIpc) is 3.10. The number of amides is 2. The molecule has 2 amide bonds. The number of hydrogen-bond donors (Lipinski definition) is 2. The normalized spacial score (nSPS) is 16.9. The standard InChI is InChI=1S/C19H22N4O4S/c1-11(2)23-16(8-9-20-23)22-18(25)12(3)27-17(24)10-15-19(26)21-13-6-4-5-7-14(13)28-15/h4-9,11-12,15H,10H2,1-3H3,(H,21,26)(H,22,25)/t12-,15+/m1/s1. The molecule has 1 aromatic carbocycles. The summed E-state index contributed by atoms with van der Waals surface area (Å²) in [5, 5.41) is 9.03. The van der Waals surface area contributed by atoms with E-state index in [0.717, 1.165) is 10.6 Å². The first-order valence-electron chi connectivity index (χ1n) is 8.95. The average molecular weight is 402 g/mol. The van der Waals surface area contributed by atoms with Gasteiger partial charge < -0.3 is 15.4 Å². The Labute approximate surface area is 167 Å². The first-order chi connectivity index (χ1) is 13.3. The van der Waals surface area contributed by atoms with Crippen molar-refractivity contribution in [2.45, 2.75) is 49.5 Å². The van der Waals surface area contributed by atoms with Crippen molar-refractivity contribution < 1.29 is 19.1 Å². The zero-order valence-electron chi connectivity index (χ0n) is 15.8. The largest absolute Gasteiger partial charge is 0.452 e. The smallest absolute Gasteiger partial charge is 0.308 e. The van der Waals surface area contributed by atoms with Crippen LogP contribution in [-0.4, -0.2) is 38.9 Å². The summed E-state index contributed by atoms with van der Waals surface area (Å²) in [6.45, 7) is 5.38. The van der Waals surface area contributed by atoms with Gasteiger partial charge in [0, 0.05) is 17.0 Å². The number of aromatic nitrogens is 2. The third kappa shape index (κ3) is 4.53. The summed E-state index contributed by atoms with van der Waals surface area (Å²) in [5.41, 5.74) is 0.733. The molecule has 3 rings (SSSR count). The monoisotopic (exact) mass is 402 g/mol. The lowest BCUT2D eigenvalue weighted by molar-refractivity contribution is -0.153. The second kappa shape index (κ2) is 8.47. The van der Waals surface area contributed by atoms with E-state index in [4.69, 9.17) is 4.74 Å². The molecule has 0 saturated heterocycles. The number of nitrogens with one attached hydrogen (secondary N) is 2. The molecule has 1 aliphatic heterocycles. The van der Waals surface area contributed by atoms with Crippen LogP contribution in [0.25, 0.3) is 0 Å². The minimum absolute atomic E-state index is 0.0767. The van der Waals surface area contributed by atoms with Gasteiger partial charge in [-0.1, -0.05) is 12.1 Å². The van der Waals surface area contributed by atoms with Crippen LogP contribution in [0.4, 0.5) is 11.5 Å². The number of ether oxygens (including phenoxy) is 1. The number of carbonyl (C=O) groups is 3. The zero-order valence-corrected chi connectivity index (χ0v) is 16.7. The van der Waals surface area contributed by atoms with Gasteiger partial charge in [-0.25, -0.2) is 4.68 Å². The molecule has 0 radical (unpaired) electrons. The highest BCUT2D eigenvalue weighted by Crippen LogP contribution is 2.36. The van der Waals surface area contributed by atoms with Crippen LogP contribution >= 0.6 is 11.8 Å². The van der Waals surface area contributed by atoms with Gasteiger partial charge in [0.2, 0.25) is 5.91 Å². The van der Waals surface area contributed by atoms with Gasteiger partial charge in [0.05, 0.1) is 23.6 Å². The number of thioether (sulfide) groups is 1. The number of carbonyl (C=O) groups excluding carboxylic acids is 3. The van der Waals surface area contributed by atoms with Crippen molar-refractivity contribution in [2.75, 3.05) is 10.6 Å². The third-order valence-corrected chi connectivity index (χ3v) is 5.42. The predicted octanol–water partition coefficient (Wildman–Crippen LogP) is 2.84. The van der Waals surface area contributed by atoms with Crippen LogP contribution in [0.3, 0.4) is 0 Å². The van der Waals surface area contributed by atoms with E-state index in [-0.39, 0.29) is 18.4 Å². The lowest BCUT2D eigenvalue weighted by Crippen LogP contribution is -2.34. The molecule has 2 heterocycles. The lowest BCUT2D eigenvalue weighted by atomic mass is 10.2. The molecule has 148 valence electrons. The van der Waals surface area contributed by atoms with Gasteiger partial charge in [-0.3, -0.25) is 14.4 Å². The molecular formula is C19H22N4O4S. The van der Waals surface area contributed by atoms with Crippen LogP contribution < -0.4 is 10.6 Å². The molecule has 0 saturated carbocycles. The Balaban J connectivity index is 1.55. The number of anilines is 2. The first kappa shape index (κ1) is 19.9. The predicted molar refractivity (Wildman–Crippen MR) is 106 cm³/mol. The third-order valence-electron chi connectivity index (χ3n) is 4.15. The number of nitrogens with zero attached hydrogens (tertiary/aromatic N) is 2. The molecule has 0 aliphatic carbocycles. The van der Waals surface area contributed by atoms with E-state index in [2.05, 4.69) is 15.7 Å². The number of benzene rings is 1. The maximum absolute atomic E-state index is 12.3. The highest BCUT2D eigenvalue weighted by molar-refractivity contribution is 8.01. The molecule has 0 spiro atoms. The van der Waals surface area contributed by atoms with Crippen molar-refractivity contribution in [2.24, 2.45) is 0 Å². The van der Waals surface area contributed by atoms with Crippen LogP contribution in [-0.2, 0) is 19.1 Å². The van der Waals surface area contributed by atoms with E-state index < -0.39 is 23.2 Å². The van der Waals surface area contributed by atoms with E-state index in [9.17, 15) is 14.4 Å². The van der Waals surface area contributed by atoms with E-state index in [0.29, 0.717) is 5.82 Å². The molecular weight excluding hydrogens is 380 g/mol. The lowest BCUT2D eigenvalue weighted by Gasteiger charge is -2.23. The molecule has 8 nitrogen and oxygen atoms in total. The Bertz CT molecular complexity index is 896. The fraction of sp³-hybridized carbons (Fsp3) is 0.368. The molecule has 1 aliphatic rings. The molecule has 0 bridgehead atoms. The summed E-state index contributed by atoms with van der Waals surface area (Å²) in [4.78, 5) is 37.7. The number of fused-ring (bicyclic) bond motifs is 1. The summed E-state index contributed by atoms with van der Waals surface area (Å²) in [7, 11) is 0. The molecule has 1 aromatic heterocycles. The number of hydrogen-bond acceptors (Lipinski definition) is 6. The Morgan fingerprint density at radius 3 is 2.79 bits per heavy atom. The Hall–Kier alpha value is -2.81. The molecule has 2 N–H and O–H groups in total. The van der Waals surface area contributed by atoms with Crippen LogP contribution in [0.5, 0.6) is 0 Å². The quantitative estimate of drug-likeness (QED) is 0.721.